The fourth-order valence-electron chi connectivity index (χ4n) is 3.32. The molecule has 1 aliphatic rings. The number of urea groups is 1. The highest BCUT2D eigenvalue weighted by Crippen LogP contribution is 2.30. The molecule has 6 nitrogen and oxygen atoms in total. The van der Waals surface area contributed by atoms with Crippen molar-refractivity contribution in [2.75, 3.05) is 18.1 Å². The Morgan fingerprint density at radius 1 is 1.07 bits per heavy atom. The number of rotatable bonds is 6. The number of fused-ring (bicyclic) bond motifs is 1. The van der Waals surface area contributed by atoms with E-state index in [-0.39, 0.29) is 6.03 Å². The molecule has 0 saturated heterocycles. The summed E-state index contributed by atoms with van der Waals surface area (Å²) in [6.45, 7) is 3.60. The lowest BCUT2D eigenvalue weighted by Gasteiger charge is -2.18. The fourth-order valence-corrected chi connectivity index (χ4v) is 3.32. The van der Waals surface area contributed by atoms with Gasteiger partial charge in [0.15, 0.2) is 11.5 Å². The zero-order valence-electron chi connectivity index (χ0n) is 16.3. The van der Waals surface area contributed by atoms with Crippen molar-refractivity contribution in [1.29, 1.82) is 0 Å². The fraction of sp³-hybridized carbons (Fsp3) is 0.217. The Morgan fingerprint density at radius 2 is 1.86 bits per heavy atom. The van der Waals surface area contributed by atoms with Crippen molar-refractivity contribution in [2.45, 2.75) is 19.9 Å². The molecular formula is C23H23N3O3. The van der Waals surface area contributed by atoms with Crippen LogP contribution in [-0.4, -0.2) is 24.2 Å². The second-order valence-electron chi connectivity index (χ2n) is 6.68. The van der Waals surface area contributed by atoms with Crippen LogP contribution in [0.5, 0.6) is 17.4 Å². The number of benzene rings is 2. The van der Waals surface area contributed by atoms with Gasteiger partial charge >= 0.3 is 6.03 Å². The van der Waals surface area contributed by atoms with Crippen molar-refractivity contribution in [3.8, 4) is 17.4 Å². The van der Waals surface area contributed by atoms with E-state index < -0.39 is 0 Å². The van der Waals surface area contributed by atoms with E-state index >= 15 is 0 Å². The Kier molecular flexibility index (Phi) is 5.61. The molecule has 2 heterocycles. The Morgan fingerprint density at radius 3 is 2.66 bits per heavy atom. The van der Waals surface area contributed by atoms with E-state index in [1.807, 2.05) is 55.5 Å². The summed E-state index contributed by atoms with van der Waals surface area (Å²) in [4.78, 5) is 18.7. The molecule has 1 aromatic heterocycles. The first kappa shape index (κ1) is 18.8. The second kappa shape index (κ2) is 8.65. The third-order valence-electron chi connectivity index (χ3n) is 4.74. The summed E-state index contributed by atoms with van der Waals surface area (Å²) >= 11 is 0. The maximum Gasteiger partial charge on any atom is 0.322 e. The van der Waals surface area contributed by atoms with Gasteiger partial charge in [-0.15, -0.1) is 0 Å². The largest absolute Gasteiger partial charge is 0.490 e. The molecule has 3 aromatic rings. The molecule has 0 fully saturated rings. The summed E-state index contributed by atoms with van der Waals surface area (Å²) in [6, 6.07) is 19.1. The molecule has 0 bridgehead atoms. The number of aromatic nitrogens is 1. The van der Waals surface area contributed by atoms with E-state index in [1.165, 1.54) is 5.56 Å². The van der Waals surface area contributed by atoms with Gasteiger partial charge in [-0.05, 0) is 42.7 Å². The number of hydrogen-bond acceptors (Lipinski definition) is 4. The molecule has 2 amide bonds. The Hall–Kier alpha value is -3.54. The first-order valence-corrected chi connectivity index (χ1v) is 9.72. The predicted molar refractivity (Wildman–Crippen MR) is 112 cm³/mol. The van der Waals surface area contributed by atoms with Gasteiger partial charge in [-0.25, -0.2) is 9.78 Å². The second-order valence-corrected chi connectivity index (χ2v) is 6.68. The number of carbonyl (C=O) groups excluding carboxylic acids is 1. The molecule has 0 spiro atoms. The molecule has 4 rings (SSSR count). The Bertz CT molecular complexity index is 989. The number of ether oxygens (including phenoxy) is 2. The molecule has 0 unspecified atom stereocenters. The molecule has 6 heteroatoms. The number of nitrogens with one attached hydrogen (secondary N) is 1. The number of amides is 2. The SMILES string of the molecule is CCOc1ccccc1Oc1ccc(CNC(=O)N2CCc3ccccc32)cn1. The summed E-state index contributed by atoms with van der Waals surface area (Å²) in [6.07, 6.45) is 2.59. The van der Waals surface area contributed by atoms with Gasteiger partial charge in [0.1, 0.15) is 0 Å². The zero-order chi connectivity index (χ0) is 20.1. The van der Waals surface area contributed by atoms with Gasteiger partial charge in [-0.3, -0.25) is 4.90 Å². The molecule has 2 aromatic carbocycles. The highest BCUT2D eigenvalue weighted by Gasteiger charge is 2.23. The summed E-state index contributed by atoms with van der Waals surface area (Å²) in [5, 5.41) is 2.96. The van der Waals surface area contributed by atoms with Crippen molar-refractivity contribution in [2.24, 2.45) is 0 Å². The van der Waals surface area contributed by atoms with Crippen molar-refractivity contribution in [1.82, 2.24) is 10.3 Å². The Labute approximate surface area is 170 Å². The Balaban J connectivity index is 1.35. The van der Waals surface area contributed by atoms with E-state index in [0.717, 1.165) is 17.7 Å². The summed E-state index contributed by atoms with van der Waals surface area (Å²) < 4.78 is 11.4. The number of nitrogens with zero attached hydrogens (tertiary/aromatic N) is 2. The molecule has 0 atom stereocenters. The standard InChI is InChI=1S/C23H23N3O3/c1-2-28-20-9-5-6-10-21(20)29-22-12-11-17(15-24-22)16-25-23(27)26-14-13-18-7-3-4-8-19(18)26/h3-12,15H,2,13-14,16H2,1H3,(H,25,27). The summed E-state index contributed by atoms with van der Waals surface area (Å²) in [7, 11) is 0. The molecule has 0 saturated carbocycles. The quantitative estimate of drug-likeness (QED) is 0.672. The molecule has 0 aliphatic carbocycles. The van der Waals surface area contributed by atoms with Gasteiger partial charge in [-0.2, -0.15) is 0 Å². The third-order valence-corrected chi connectivity index (χ3v) is 4.74. The van der Waals surface area contributed by atoms with Gasteiger partial charge in [0.05, 0.1) is 6.61 Å². The number of anilines is 1. The topological polar surface area (TPSA) is 63.7 Å². The van der Waals surface area contributed by atoms with Crippen molar-refractivity contribution >= 4 is 11.7 Å². The van der Waals surface area contributed by atoms with E-state index in [1.54, 1.807) is 17.2 Å². The minimum Gasteiger partial charge on any atom is -0.490 e. The monoisotopic (exact) mass is 389 g/mol. The highest BCUT2D eigenvalue weighted by atomic mass is 16.5. The first-order valence-electron chi connectivity index (χ1n) is 9.72. The number of hydrogen-bond donors (Lipinski definition) is 1. The van der Waals surface area contributed by atoms with E-state index in [2.05, 4.69) is 16.4 Å². The minimum absolute atomic E-state index is 0.0964. The average Bonchev–Trinajstić information content (AvgIpc) is 3.19. The summed E-state index contributed by atoms with van der Waals surface area (Å²) in [5.74, 6) is 1.77. The van der Waals surface area contributed by atoms with Gasteiger partial charge in [0.25, 0.3) is 0 Å². The molecule has 148 valence electrons. The minimum atomic E-state index is -0.0964. The van der Waals surface area contributed by atoms with Gasteiger partial charge in [-0.1, -0.05) is 36.4 Å². The smallest absolute Gasteiger partial charge is 0.322 e. The molecule has 1 aliphatic heterocycles. The molecule has 0 radical (unpaired) electrons. The molecular weight excluding hydrogens is 366 g/mol. The van der Waals surface area contributed by atoms with Crippen LogP contribution in [0.25, 0.3) is 0 Å². The van der Waals surface area contributed by atoms with Crippen LogP contribution in [0.15, 0.2) is 66.9 Å². The zero-order valence-corrected chi connectivity index (χ0v) is 16.3. The third kappa shape index (κ3) is 4.32. The summed E-state index contributed by atoms with van der Waals surface area (Å²) in [5.41, 5.74) is 3.09. The van der Waals surface area contributed by atoms with Crippen molar-refractivity contribution in [3.63, 3.8) is 0 Å². The van der Waals surface area contributed by atoms with Crippen LogP contribution < -0.4 is 19.7 Å². The lowest BCUT2D eigenvalue weighted by molar-refractivity contribution is 0.246. The number of pyridine rings is 1. The lowest BCUT2D eigenvalue weighted by atomic mass is 10.2. The van der Waals surface area contributed by atoms with Crippen LogP contribution in [0.1, 0.15) is 18.1 Å². The van der Waals surface area contributed by atoms with E-state index in [4.69, 9.17) is 9.47 Å². The molecule has 29 heavy (non-hydrogen) atoms. The average molecular weight is 389 g/mol. The number of para-hydroxylation sites is 3. The van der Waals surface area contributed by atoms with Gasteiger partial charge in [0, 0.05) is 31.0 Å². The van der Waals surface area contributed by atoms with Crippen LogP contribution >= 0.6 is 0 Å². The van der Waals surface area contributed by atoms with Crippen molar-refractivity contribution in [3.05, 3.63) is 78.0 Å². The molecule has 1 N–H and O–H groups in total. The van der Waals surface area contributed by atoms with Crippen LogP contribution in [0, 0.1) is 0 Å². The normalized spacial score (nSPS) is 12.4. The maximum absolute atomic E-state index is 12.5. The van der Waals surface area contributed by atoms with Crippen LogP contribution in [-0.2, 0) is 13.0 Å². The maximum atomic E-state index is 12.5. The van der Waals surface area contributed by atoms with Crippen LogP contribution in [0.4, 0.5) is 10.5 Å². The van der Waals surface area contributed by atoms with E-state index in [0.29, 0.717) is 37.1 Å². The van der Waals surface area contributed by atoms with Crippen molar-refractivity contribution < 1.29 is 14.3 Å². The van der Waals surface area contributed by atoms with Crippen LogP contribution in [0.3, 0.4) is 0 Å². The number of carbonyl (C=O) groups is 1. The van der Waals surface area contributed by atoms with E-state index in [9.17, 15) is 4.79 Å². The predicted octanol–water partition coefficient (Wildman–Crippen LogP) is 4.54. The first-order chi connectivity index (χ1) is 14.2. The van der Waals surface area contributed by atoms with Gasteiger partial charge in [0.2, 0.25) is 5.88 Å². The highest BCUT2D eigenvalue weighted by molar-refractivity contribution is 5.94. The van der Waals surface area contributed by atoms with Gasteiger partial charge < -0.3 is 14.8 Å². The van der Waals surface area contributed by atoms with Crippen LogP contribution in [0.2, 0.25) is 0 Å². The lowest BCUT2D eigenvalue weighted by Crippen LogP contribution is -2.38.